The molecule has 0 atom stereocenters. The van der Waals surface area contributed by atoms with Crippen LogP contribution in [0, 0.1) is 0 Å². The van der Waals surface area contributed by atoms with Crippen molar-refractivity contribution in [3.8, 4) is 5.75 Å². The van der Waals surface area contributed by atoms with Crippen molar-refractivity contribution in [2.75, 3.05) is 26.7 Å². The smallest absolute Gasteiger partial charge is 0.251 e. The SMILES string of the molecule is COc1ccccc1CCNC(=O)c1cccc(S(=O)(=O)N2CCCCCC2)c1. The van der Waals surface area contributed by atoms with Crippen molar-refractivity contribution in [3.05, 3.63) is 59.7 Å². The Kier molecular flexibility index (Phi) is 7.28. The highest BCUT2D eigenvalue weighted by Crippen LogP contribution is 2.21. The predicted octanol–water partition coefficient (Wildman–Crippen LogP) is 3.23. The van der Waals surface area contributed by atoms with Crippen LogP contribution in [-0.4, -0.2) is 45.4 Å². The molecule has 0 radical (unpaired) electrons. The van der Waals surface area contributed by atoms with Crippen LogP contribution in [0.1, 0.15) is 41.6 Å². The van der Waals surface area contributed by atoms with Crippen molar-refractivity contribution in [1.82, 2.24) is 9.62 Å². The molecule has 0 saturated carbocycles. The molecule has 29 heavy (non-hydrogen) atoms. The van der Waals surface area contributed by atoms with Crippen LogP contribution >= 0.6 is 0 Å². The number of carbonyl (C=O) groups is 1. The van der Waals surface area contributed by atoms with Crippen LogP contribution in [0.15, 0.2) is 53.4 Å². The van der Waals surface area contributed by atoms with E-state index in [4.69, 9.17) is 4.74 Å². The molecule has 0 bridgehead atoms. The first kappa shape index (κ1) is 21.3. The van der Waals surface area contributed by atoms with Gasteiger partial charge < -0.3 is 10.1 Å². The highest BCUT2D eigenvalue weighted by molar-refractivity contribution is 7.89. The molecule has 6 nitrogen and oxygen atoms in total. The fourth-order valence-electron chi connectivity index (χ4n) is 3.55. The number of methoxy groups -OCH3 is 1. The summed E-state index contributed by atoms with van der Waals surface area (Å²) in [5, 5.41) is 2.86. The monoisotopic (exact) mass is 416 g/mol. The van der Waals surface area contributed by atoms with Gasteiger partial charge in [-0.1, -0.05) is 37.1 Å². The van der Waals surface area contributed by atoms with Crippen LogP contribution in [0.2, 0.25) is 0 Å². The zero-order valence-corrected chi connectivity index (χ0v) is 17.6. The standard InChI is InChI=1S/C22H28N2O4S/c1-28-21-12-5-4-9-18(21)13-14-23-22(25)19-10-8-11-20(17-19)29(26,27)24-15-6-2-3-7-16-24/h4-5,8-12,17H,2-3,6-7,13-16H2,1H3,(H,23,25). The van der Waals surface area contributed by atoms with E-state index >= 15 is 0 Å². The van der Waals surface area contributed by atoms with Crippen molar-refractivity contribution in [1.29, 1.82) is 0 Å². The van der Waals surface area contributed by atoms with Crippen LogP contribution in [0.25, 0.3) is 0 Å². The van der Waals surface area contributed by atoms with E-state index in [9.17, 15) is 13.2 Å². The Morgan fingerprint density at radius 3 is 2.48 bits per heavy atom. The third-order valence-corrected chi connectivity index (χ3v) is 7.07. The summed E-state index contributed by atoms with van der Waals surface area (Å²) in [6.07, 6.45) is 4.49. The first-order valence-corrected chi connectivity index (χ1v) is 11.5. The lowest BCUT2D eigenvalue weighted by molar-refractivity contribution is 0.0954. The fourth-order valence-corrected chi connectivity index (χ4v) is 5.11. The summed E-state index contributed by atoms with van der Waals surface area (Å²) in [4.78, 5) is 12.7. The van der Waals surface area contributed by atoms with Crippen LogP contribution in [-0.2, 0) is 16.4 Å². The van der Waals surface area contributed by atoms with E-state index in [0.717, 1.165) is 37.0 Å². The van der Waals surface area contributed by atoms with Crippen LogP contribution in [0.5, 0.6) is 5.75 Å². The summed E-state index contributed by atoms with van der Waals surface area (Å²) in [7, 11) is -1.96. The number of hydrogen-bond acceptors (Lipinski definition) is 4. The number of rotatable bonds is 7. The topological polar surface area (TPSA) is 75.7 Å². The molecule has 2 aromatic rings. The van der Waals surface area contributed by atoms with Crippen molar-refractivity contribution >= 4 is 15.9 Å². The lowest BCUT2D eigenvalue weighted by Crippen LogP contribution is -2.32. The van der Waals surface area contributed by atoms with Gasteiger partial charge >= 0.3 is 0 Å². The van der Waals surface area contributed by atoms with Crippen molar-refractivity contribution in [3.63, 3.8) is 0 Å². The number of para-hydroxylation sites is 1. The number of nitrogens with zero attached hydrogens (tertiary/aromatic N) is 1. The maximum atomic E-state index is 13.0. The van der Waals surface area contributed by atoms with Gasteiger partial charge in [0, 0.05) is 25.2 Å². The normalized spacial score (nSPS) is 15.5. The van der Waals surface area contributed by atoms with Gasteiger partial charge in [-0.2, -0.15) is 4.31 Å². The molecule has 0 spiro atoms. The van der Waals surface area contributed by atoms with E-state index in [1.165, 1.54) is 6.07 Å². The lowest BCUT2D eigenvalue weighted by atomic mass is 10.1. The molecular weight excluding hydrogens is 388 g/mol. The maximum Gasteiger partial charge on any atom is 0.251 e. The third-order valence-electron chi connectivity index (χ3n) is 5.17. The molecule has 1 N–H and O–H groups in total. The van der Waals surface area contributed by atoms with E-state index in [1.54, 1.807) is 29.6 Å². The number of carbonyl (C=O) groups excluding carboxylic acids is 1. The second kappa shape index (κ2) is 9.89. The predicted molar refractivity (Wildman–Crippen MR) is 113 cm³/mol. The molecule has 156 valence electrons. The van der Waals surface area contributed by atoms with Gasteiger partial charge in [-0.25, -0.2) is 8.42 Å². The largest absolute Gasteiger partial charge is 0.496 e. The number of ether oxygens (including phenoxy) is 1. The van der Waals surface area contributed by atoms with Gasteiger partial charge in [0.1, 0.15) is 5.75 Å². The first-order valence-electron chi connectivity index (χ1n) is 10.0. The highest BCUT2D eigenvalue weighted by Gasteiger charge is 2.25. The molecule has 1 saturated heterocycles. The molecule has 1 amide bonds. The molecule has 0 aromatic heterocycles. The van der Waals surface area contributed by atoms with Crippen molar-refractivity contribution < 1.29 is 17.9 Å². The van der Waals surface area contributed by atoms with E-state index in [0.29, 0.717) is 31.6 Å². The van der Waals surface area contributed by atoms with E-state index in [-0.39, 0.29) is 10.8 Å². The maximum absolute atomic E-state index is 13.0. The van der Waals surface area contributed by atoms with Gasteiger partial charge in [-0.3, -0.25) is 4.79 Å². The van der Waals surface area contributed by atoms with Crippen LogP contribution in [0.3, 0.4) is 0 Å². The number of benzene rings is 2. The molecular formula is C22H28N2O4S. The molecule has 1 aliphatic rings. The van der Waals surface area contributed by atoms with E-state index < -0.39 is 10.0 Å². The fraction of sp³-hybridized carbons (Fsp3) is 0.409. The summed E-state index contributed by atoms with van der Waals surface area (Å²) in [6, 6.07) is 14.0. The summed E-state index contributed by atoms with van der Waals surface area (Å²) < 4.78 is 32.8. The minimum absolute atomic E-state index is 0.178. The Hall–Kier alpha value is -2.38. The summed E-state index contributed by atoms with van der Waals surface area (Å²) >= 11 is 0. The van der Waals surface area contributed by atoms with Crippen molar-refractivity contribution in [2.45, 2.75) is 37.0 Å². The minimum Gasteiger partial charge on any atom is -0.496 e. The average molecular weight is 417 g/mol. The number of nitrogens with one attached hydrogen (secondary N) is 1. The zero-order valence-electron chi connectivity index (χ0n) is 16.8. The summed E-state index contributed by atoms with van der Waals surface area (Å²) in [5.74, 6) is 0.500. The van der Waals surface area contributed by atoms with Crippen molar-refractivity contribution in [2.24, 2.45) is 0 Å². The number of amides is 1. The van der Waals surface area contributed by atoms with E-state index in [1.807, 2.05) is 24.3 Å². The van der Waals surface area contributed by atoms with Gasteiger partial charge in [0.05, 0.1) is 12.0 Å². The van der Waals surface area contributed by atoms with Gasteiger partial charge in [0.15, 0.2) is 0 Å². The second-order valence-corrected chi connectivity index (χ2v) is 9.10. The van der Waals surface area contributed by atoms with Gasteiger partial charge in [0.25, 0.3) is 5.91 Å². The average Bonchev–Trinajstić information content (AvgIpc) is 3.04. The molecule has 0 aliphatic carbocycles. The summed E-state index contributed by atoms with van der Waals surface area (Å²) in [6.45, 7) is 1.51. The molecule has 1 heterocycles. The van der Waals surface area contributed by atoms with Gasteiger partial charge in [0.2, 0.25) is 10.0 Å². The number of hydrogen-bond donors (Lipinski definition) is 1. The highest BCUT2D eigenvalue weighted by atomic mass is 32.2. The Bertz CT molecular complexity index is 935. The Morgan fingerprint density at radius 1 is 1.03 bits per heavy atom. The quantitative estimate of drug-likeness (QED) is 0.752. The minimum atomic E-state index is -3.58. The molecule has 1 fully saturated rings. The Labute approximate surface area is 172 Å². The zero-order chi connectivity index (χ0) is 20.7. The molecule has 2 aromatic carbocycles. The second-order valence-electron chi connectivity index (χ2n) is 7.16. The molecule has 0 unspecified atom stereocenters. The molecule has 7 heteroatoms. The summed E-state index contributed by atoms with van der Waals surface area (Å²) in [5.41, 5.74) is 1.36. The Balaban J connectivity index is 1.66. The van der Waals surface area contributed by atoms with Crippen LogP contribution < -0.4 is 10.1 Å². The first-order chi connectivity index (χ1) is 14.0. The lowest BCUT2D eigenvalue weighted by Gasteiger charge is -2.20. The van der Waals surface area contributed by atoms with Crippen LogP contribution in [0.4, 0.5) is 0 Å². The molecule has 3 rings (SSSR count). The number of sulfonamides is 1. The Morgan fingerprint density at radius 2 is 1.76 bits per heavy atom. The van der Waals surface area contributed by atoms with Gasteiger partial charge in [-0.15, -0.1) is 0 Å². The van der Waals surface area contributed by atoms with E-state index in [2.05, 4.69) is 5.32 Å². The molecule has 1 aliphatic heterocycles. The third kappa shape index (κ3) is 5.36. The van der Waals surface area contributed by atoms with Gasteiger partial charge in [-0.05, 0) is 49.1 Å².